The van der Waals surface area contributed by atoms with Crippen LogP contribution in [0.4, 0.5) is 0 Å². The molecule has 1 atom stereocenters. The Morgan fingerprint density at radius 3 is 2.75 bits per heavy atom. The molecule has 0 bridgehead atoms. The number of carbonyl (C=O) groups excluding carboxylic acids is 1. The van der Waals surface area contributed by atoms with Crippen LogP contribution in [0.5, 0.6) is 0 Å². The highest BCUT2D eigenvalue weighted by Crippen LogP contribution is 2.03. The number of likely N-dealkylation sites (N-methyl/N-ethyl adjacent to an activating group) is 1. The van der Waals surface area contributed by atoms with Gasteiger partial charge in [-0.15, -0.1) is 0 Å². The molecule has 1 saturated heterocycles. The molecule has 1 amide bonds. The Morgan fingerprint density at radius 1 is 1.56 bits per heavy atom. The van der Waals surface area contributed by atoms with Gasteiger partial charge in [0.1, 0.15) is 0 Å². The van der Waals surface area contributed by atoms with Gasteiger partial charge >= 0.3 is 0 Å². The molecule has 1 unspecified atom stereocenters. The molecule has 6 nitrogen and oxygen atoms in total. The Kier molecular flexibility index (Phi) is 4.69. The summed E-state index contributed by atoms with van der Waals surface area (Å²) in [4.78, 5) is 11.4. The van der Waals surface area contributed by atoms with Crippen LogP contribution in [-0.2, 0) is 14.8 Å². The number of carbonyl (C=O) groups is 1. The van der Waals surface area contributed by atoms with Crippen molar-refractivity contribution in [1.82, 2.24) is 14.9 Å². The first-order valence-electron chi connectivity index (χ1n) is 5.31. The highest BCUT2D eigenvalue weighted by atomic mass is 32.2. The quantitative estimate of drug-likeness (QED) is 0.638. The van der Waals surface area contributed by atoms with E-state index in [9.17, 15) is 13.2 Å². The van der Waals surface area contributed by atoms with Crippen molar-refractivity contribution in [1.29, 1.82) is 0 Å². The van der Waals surface area contributed by atoms with Gasteiger partial charge in [-0.1, -0.05) is 0 Å². The zero-order valence-electron chi connectivity index (χ0n) is 9.69. The van der Waals surface area contributed by atoms with Crippen molar-refractivity contribution in [2.45, 2.75) is 18.9 Å². The molecular weight excluding hydrogens is 230 g/mol. The van der Waals surface area contributed by atoms with Gasteiger partial charge in [-0.25, -0.2) is 8.42 Å². The zero-order chi connectivity index (χ0) is 12.2. The fourth-order valence-electron chi connectivity index (χ4n) is 1.54. The van der Waals surface area contributed by atoms with Crippen LogP contribution >= 0.6 is 0 Å². The fraction of sp³-hybridized carbons (Fsp3) is 0.889. The lowest BCUT2D eigenvalue weighted by molar-refractivity contribution is -0.121. The number of hydrogen-bond acceptors (Lipinski definition) is 4. The summed E-state index contributed by atoms with van der Waals surface area (Å²) in [6.45, 7) is 1.44. The first-order chi connectivity index (χ1) is 7.39. The van der Waals surface area contributed by atoms with Crippen molar-refractivity contribution in [3.05, 3.63) is 0 Å². The summed E-state index contributed by atoms with van der Waals surface area (Å²) in [6.07, 6.45) is 3.27. The van der Waals surface area contributed by atoms with Crippen molar-refractivity contribution < 1.29 is 13.2 Å². The van der Waals surface area contributed by atoms with Crippen LogP contribution in [0.15, 0.2) is 0 Å². The van der Waals surface area contributed by atoms with Crippen LogP contribution in [-0.4, -0.2) is 57.6 Å². The van der Waals surface area contributed by atoms with Crippen LogP contribution in [0.3, 0.4) is 0 Å². The van der Waals surface area contributed by atoms with Gasteiger partial charge in [0.15, 0.2) is 0 Å². The largest absolute Gasteiger partial charge is 0.353 e. The molecule has 0 aromatic carbocycles. The van der Waals surface area contributed by atoms with E-state index in [2.05, 4.69) is 10.6 Å². The Bertz CT molecular complexity index is 336. The Hall–Kier alpha value is -0.660. The minimum Gasteiger partial charge on any atom is -0.353 e. The molecule has 2 N–H and O–H groups in total. The van der Waals surface area contributed by atoms with Crippen molar-refractivity contribution in [2.24, 2.45) is 0 Å². The van der Waals surface area contributed by atoms with Crippen molar-refractivity contribution in [3.8, 4) is 0 Å². The van der Waals surface area contributed by atoms with Crippen LogP contribution in [0, 0.1) is 0 Å². The number of nitrogens with one attached hydrogen (secondary N) is 2. The molecule has 0 radical (unpaired) electrons. The van der Waals surface area contributed by atoms with E-state index >= 15 is 0 Å². The van der Waals surface area contributed by atoms with Gasteiger partial charge in [0.25, 0.3) is 0 Å². The molecule has 0 aromatic rings. The molecule has 7 heteroatoms. The van der Waals surface area contributed by atoms with E-state index in [1.165, 1.54) is 7.05 Å². The van der Waals surface area contributed by atoms with E-state index in [1.807, 2.05) is 0 Å². The maximum atomic E-state index is 11.4. The first-order valence-corrected chi connectivity index (χ1v) is 7.16. The summed E-state index contributed by atoms with van der Waals surface area (Å²) in [5.41, 5.74) is 0. The fourth-order valence-corrected chi connectivity index (χ4v) is 1.90. The lowest BCUT2D eigenvalue weighted by Gasteiger charge is -2.15. The highest BCUT2D eigenvalue weighted by Gasteiger charge is 2.17. The van der Waals surface area contributed by atoms with Crippen LogP contribution in [0.2, 0.25) is 0 Å². The van der Waals surface area contributed by atoms with Gasteiger partial charge in [-0.3, -0.25) is 4.79 Å². The first kappa shape index (κ1) is 13.4. The Balaban J connectivity index is 2.25. The minimum absolute atomic E-state index is 0.119. The second-order valence-corrected chi connectivity index (χ2v) is 6.21. The normalized spacial score (nSPS) is 21.3. The molecule has 1 aliphatic rings. The number of nitrogens with zero attached hydrogens (tertiary/aromatic N) is 1. The minimum atomic E-state index is -3.28. The Morgan fingerprint density at radius 2 is 2.25 bits per heavy atom. The molecule has 1 heterocycles. The van der Waals surface area contributed by atoms with E-state index in [1.54, 1.807) is 0 Å². The third kappa shape index (κ3) is 4.46. The summed E-state index contributed by atoms with van der Waals surface area (Å²) in [5.74, 6) is -0.262. The number of amides is 1. The summed E-state index contributed by atoms with van der Waals surface area (Å²) < 4.78 is 23.2. The second kappa shape index (κ2) is 5.60. The number of rotatable bonds is 5. The van der Waals surface area contributed by atoms with Crippen LogP contribution < -0.4 is 10.6 Å². The van der Waals surface area contributed by atoms with Crippen LogP contribution in [0.25, 0.3) is 0 Å². The molecule has 1 rings (SSSR count). The zero-order valence-corrected chi connectivity index (χ0v) is 10.5. The maximum Gasteiger partial charge on any atom is 0.235 e. The molecular formula is C9H19N3O3S. The van der Waals surface area contributed by atoms with Crippen LogP contribution in [0.1, 0.15) is 12.8 Å². The molecule has 1 fully saturated rings. The molecule has 0 aromatic heterocycles. The topological polar surface area (TPSA) is 78.5 Å². The summed E-state index contributed by atoms with van der Waals surface area (Å²) in [7, 11) is -1.89. The monoisotopic (exact) mass is 249 g/mol. The third-order valence-corrected chi connectivity index (χ3v) is 3.90. The number of sulfonamides is 1. The highest BCUT2D eigenvalue weighted by molar-refractivity contribution is 7.88. The van der Waals surface area contributed by atoms with Crippen molar-refractivity contribution in [2.75, 3.05) is 32.9 Å². The molecule has 94 valence electrons. The lowest BCUT2D eigenvalue weighted by Crippen LogP contribution is -2.42. The van der Waals surface area contributed by atoms with Gasteiger partial charge < -0.3 is 10.6 Å². The van der Waals surface area contributed by atoms with Crippen molar-refractivity contribution in [3.63, 3.8) is 0 Å². The molecule has 1 aliphatic heterocycles. The predicted molar refractivity (Wildman–Crippen MR) is 61.5 cm³/mol. The summed E-state index contributed by atoms with van der Waals surface area (Å²) in [5, 5.41) is 5.97. The SMILES string of the molecule is CN(CC(=O)NCC1CCCN1)S(C)(=O)=O. The standard InChI is InChI=1S/C9H19N3O3S/c1-12(16(2,14)15)7-9(13)11-6-8-4-3-5-10-8/h8,10H,3-7H2,1-2H3,(H,11,13). The van der Waals surface area contributed by atoms with E-state index < -0.39 is 10.0 Å². The molecule has 0 spiro atoms. The maximum absolute atomic E-state index is 11.4. The summed E-state index contributed by atoms with van der Waals surface area (Å²) in [6, 6.07) is 0.326. The van der Waals surface area contributed by atoms with E-state index in [0.29, 0.717) is 12.6 Å². The van der Waals surface area contributed by atoms with Gasteiger partial charge in [0.05, 0.1) is 12.8 Å². The molecule has 0 saturated carbocycles. The smallest absolute Gasteiger partial charge is 0.235 e. The Labute approximate surface area is 96.4 Å². The molecule has 16 heavy (non-hydrogen) atoms. The average Bonchev–Trinajstić information content (AvgIpc) is 2.65. The number of hydrogen-bond donors (Lipinski definition) is 2. The van der Waals surface area contributed by atoms with Gasteiger partial charge in [0.2, 0.25) is 15.9 Å². The lowest BCUT2D eigenvalue weighted by atomic mass is 10.2. The summed E-state index contributed by atoms with van der Waals surface area (Å²) >= 11 is 0. The van der Waals surface area contributed by atoms with E-state index in [-0.39, 0.29) is 12.5 Å². The average molecular weight is 249 g/mol. The predicted octanol–water partition coefficient (Wildman–Crippen LogP) is -1.25. The van der Waals surface area contributed by atoms with Gasteiger partial charge in [0, 0.05) is 19.6 Å². The van der Waals surface area contributed by atoms with E-state index in [4.69, 9.17) is 0 Å². The van der Waals surface area contributed by atoms with E-state index in [0.717, 1.165) is 29.9 Å². The third-order valence-electron chi connectivity index (χ3n) is 2.64. The van der Waals surface area contributed by atoms with Gasteiger partial charge in [-0.2, -0.15) is 4.31 Å². The van der Waals surface area contributed by atoms with Gasteiger partial charge in [-0.05, 0) is 19.4 Å². The van der Waals surface area contributed by atoms with Crippen molar-refractivity contribution >= 4 is 15.9 Å². The second-order valence-electron chi connectivity index (χ2n) is 4.12. The molecule has 0 aliphatic carbocycles.